The zero-order chi connectivity index (χ0) is 10.7. The zero-order valence-corrected chi connectivity index (χ0v) is 7.81. The summed E-state index contributed by atoms with van der Waals surface area (Å²) in [6.07, 6.45) is 1.23. The molecule has 0 saturated carbocycles. The molecule has 0 amide bonds. The van der Waals surface area contributed by atoms with E-state index in [0.717, 1.165) is 4.57 Å². The average molecular weight is 197 g/mol. The van der Waals surface area contributed by atoms with Gasteiger partial charge in [-0.3, -0.25) is 0 Å². The highest BCUT2D eigenvalue weighted by molar-refractivity contribution is 6.00. The predicted molar refractivity (Wildman–Crippen MR) is 45.7 cm³/mol. The lowest BCUT2D eigenvalue weighted by molar-refractivity contribution is 0.0545. The number of rotatable bonds is 2. The fourth-order valence-electron chi connectivity index (χ4n) is 0.939. The summed E-state index contributed by atoms with van der Waals surface area (Å²) in [5.41, 5.74) is -0.131. The van der Waals surface area contributed by atoms with Gasteiger partial charge in [-0.05, 0) is 0 Å². The van der Waals surface area contributed by atoms with Crippen LogP contribution in [-0.2, 0) is 9.47 Å². The summed E-state index contributed by atoms with van der Waals surface area (Å²) in [4.78, 5) is 26.0. The summed E-state index contributed by atoms with van der Waals surface area (Å²) in [6, 6.07) is 0. The number of esters is 2. The van der Waals surface area contributed by atoms with Crippen molar-refractivity contribution >= 4 is 11.9 Å². The normalized spacial score (nSPS) is 9.64. The number of imidazole rings is 1. The van der Waals surface area contributed by atoms with Gasteiger partial charge < -0.3 is 14.0 Å². The van der Waals surface area contributed by atoms with Crippen LogP contribution < -0.4 is 0 Å². The van der Waals surface area contributed by atoms with Gasteiger partial charge in [0.05, 0.1) is 20.5 Å². The topological polar surface area (TPSA) is 70.4 Å². The molecule has 75 valence electrons. The van der Waals surface area contributed by atoms with Crippen LogP contribution in [0.2, 0.25) is 0 Å². The van der Waals surface area contributed by atoms with Crippen molar-refractivity contribution in [1.82, 2.24) is 9.55 Å². The van der Waals surface area contributed by atoms with Crippen LogP contribution in [0.25, 0.3) is 0 Å². The van der Waals surface area contributed by atoms with Gasteiger partial charge in [-0.15, -0.1) is 0 Å². The molecule has 0 aliphatic carbocycles. The third-order valence-electron chi connectivity index (χ3n) is 1.60. The summed E-state index contributed by atoms with van der Waals surface area (Å²) in [5.74, 6) is -1.38. The van der Waals surface area contributed by atoms with Crippen LogP contribution in [0.4, 0.5) is 0 Å². The molecule has 0 spiro atoms. The molecule has 0 atom stereocenters. The first-order valence-corrected chi connectivity index (χ1v) is 3.66. The Morgan fingerprint density at radius 1 is 1.36 bits per heavy atom. The molecule has 1 aromatic rings. The lowest BCUT2D eigenvalue weighted by atomic mass is 10.3. The maximum Gasteiger partial charge on any atom is 0.359 e. The van der Waals surface area contributed by atoms with Crippen molar-refractivity contribution in [2.45, 2.75) is 0 Å². The highest BCUT2D eigenvalue weighted by Crippen LogP contribution is 2.09. The number of methoxy groups -OCH3 is 2. The van der Waals surface area contributed by atoms with Crippen LogP contribution in [0.3, 0.4) is 0 Å². The van der Waals surface area contributed by atoms with Crippen molar-refractivity contribution in [3.05, 3.63) is 24.8 Å². The van der Waals surface area contributed by atoms with Crippen LogP contribution in [0.5, 0.6) is 0 Å². The molecule has 1 rings (SSSR count). The van der Waals surface area contributed by atoms with E-state index in [9.17, 15) is 9.59 Å². The molecule has 0 unspecified atom stereocenters. The van der Waals surface area contributed by atoms with E-state index in [-0.39, 0.29) is 11.4 Å². The summed E-state index contributed by atoms with van der Waals surface area (Å²) in [5, 5.41) is 0. The molecular weight excluding hydrogens is 188 g/mol. The molecule has 0 fully saturated rings. The minimum atomic E-state index is -0.701. The van der Waals surface area contributed by atoms with Crippen molar-refractivity contribution in [1.29, 1.82) is 0 Å². The first-order valence-electron chi connectivity index (χ1n) is 3.66. The van der Waals surface area contributed by atoms with Crippen LogP contribution in [-0.4, -0.2) is 35.7 Å². The third kappa shape index (κ3) is 1.59. The van der Waals surface area contributed by atoms with E-state index in [0.29, 0.717) is 0 Å². The number of nitrogens with zero attached hydrogens (tertiary/aromatic N) is 2. The average Bonchev–Trinajstić information content (AvgIpc) is 2.58. The molecular formula is C8H9N2O4. The summed E-state index contributed by atoms with van der Waals surface area (Å²) >= 11 is 0. The van der Waals surface area contributed by atoms with Crippen LogP contribution in [0.15, 0.2) is 6.33 Å². The van der Waals surface area contributed by atoms with Gasteiger partial charge >= 0.3 is 11.9 Å². The highest BCUT2D eigenvalue weighted by Gasteiger charge is 2.23. The Morgan fingerprint density at radius 3 is 2.43 bits per heavy atom. The Balaban J connectivity index is 3.19. The molecule has 1 heterocycles. The number of hydrogen-bond donors (Lipinski definition) is 0. The fraction of sp³-hybridized carbons (Fsp3) is 0.250. The molecule has 6 nitrogen and oxygen atoms in total. The van der Waals surface area contributed by atoms with Crippen molar-refractivity contribution in [2.24, 2.45) is 0 Å². The monoisotopic (exact) mass is 197 g/mol. The van der Waals surface area contributed by atoms with E-state index < -0.39 is 11.9 Å². The minimum Gasteiger partial charge on any atom is -0.464 e. The van der Waals surface area contributed by atoms with Crippen molar-refractivity contribution in [3.63, 3.8) is 0 Å². The smallest absolute Gasteiger partial charge is 0.359 e. The molecule has 0 aromatic carbocycles. The number of carbonyl (C=O) groups excluding carboxylic acids is 2. The minimum absolute atomic E-state index is 0.0284. The molecule has 6 heteroatoms. The lowest BCUT2D eigenvalue weighted by Crippen LogP contribution is -2.13. The van der Waals surface area contributed by atoms with E-state index in [1.807, 2.05) is 0 Å². The first kappa shape index (κ1) is 10.2. The zero-order valence-electron chi connectivity index (χ0n) is 7.81. The van der Waals surface area contributed by atoms with E-state index >= 15 is 0 Å². The van der Waals surface area contributed by atoms with Crippen molar-refractivity contribution in [3.8, 4) is 0 Å². The molecule has 0 saturated heterocycles. The first-order chi connectivity index (χ1) is 6.61. The van der Waals surface area contributed by atoms with Gasteiger partial charge in [-0.1, -0.05) is 0 Å². The molecule has 0 aliphatic heterocycles. The number of ether oxygens (including phenoxy) is 2. The number of hydrogen-bond acceptors (Lipinski definition) is 5. The maximum absolute atomic E-state index is 11.2. The second-order valence-corrected chi connectivity index (χ2v) is 2.39. The summed E-state index contributed by atoms with van der Waals surface area (Å²) in [7, 11) is 5.88. The largest absolute Gasteiger partial charge is 0.464 e. The molecule has 1 radical (unpaired) electrons. The Hall–Kier alpha value is -1.85. The van der Waals surface area contributed by atoms with Crippen molar-refractivity contribution in [2.75, 3.05) is 14.2 Å². The molecule has 1 aromatic heterocycles. The summed E-state index contributed by atoms with van der Waals surface area (Å²) in [6.45, 7) is 0. The van der Waals surface area contributed by atoms with Crippen LogP contribution in [0.1, 0.15) is 21.0 Å². The van der Waals surface area contributed by atoms with Gasteiger partial charge in [0.2, 0.25) is 0 Å². The Morgan fingerprint density at radius 2 is 1.93 bits per heavy atom. The van der Waals surface area contributed by atoms with Gasteiger partial charge in [0.15, 0.2) is 11.4 Å². The molecule has 0 aliphatic rings. The standard InChI is InChI=1S/C8H9N2O4/c1-10-4-9-5(7(11)13-2)6(10)8(12)14-3/h4H,1H2,2-3H3. The van der Waals surface area contributed by atoms with Gasteiger partial charge in [0, 0.05) is 7.05 Å². The van der Waals surface area contributed by atoms with Crippen molar-refractivity contribution < 1.29 is 19.1 Å². The van der Waals surface area contributed by atoms with Crippen LogP contribution >= 0.6 is 0 Å². The number of carbonyl (C=O) groups is 2. The van der Waals surface area contributed by atoms with Gasteiger partial charge in [0.1, 0.15) is 0 Å². The second-order valence-electron chi connectivity index (χ2n) is 2.39. The number of aromatic nitrogens is 2. The Bertz CT molecular complexity index is 369. The molecule has 0 N–H and O–H groups in total. The predicted octanol–water partition coefficient (Wildman–Crippen LogP) is 0.0960. The maximum atomic E-state index is 11.2. The molecule has 14 heavy (non-hydrogen) atoms. The van der Waals surface area contributed by atoms with E-state index in [4.69, 9.17) is 0 Å². The molecule has 0 bridgehead atoms. The highest BCUT2D eigenvalue weighted by atomic mass is 16.5. The Labute approximate surface area is 80.4 Å². The van der Waals surface area contributed by atoms with Gasteiger partial charge in [0.25, 0.3) is 0 Å². The second kappa shape index (κ2) is 3.91. The fourth-order valence-corrected chi connectivity index (χ4v) is 0.939. The Kier molecular flexibility index (Phi) is 2.85. The van der Waals surface area contributed by atoms with E-state index in [2.05, 4.69) is 21.5 Å². The van der Waals surface area contributed by atoms with Crippen LogP contribution in [0, 0.1) is 7.05 Å². The quantitative estimate of drug-likeness (QED) is 0.628. The SMILES string of the molecule is [CH2]n1cnc(C(=O)OC)c1C(=O)OC. The summed E-state index contributed by atoms with van der Waals surface area (Å²) < 4.78 is 10.0. The van der Waals surface area contributed by atoms with E-state index in [1.54, 1.807) is 0 Å². The van der Waals surface area contributed by atoms with Gasteiger partial charge in [-0.2, -0.15) is 0 Å². The third-order valence-corrected chi connectivity index (χ3v) is 1.60. The van der Waals surface area contributed by atoms with E-state index in [1.165, 1.54) is 20.5 Å². The lowest BCUT2D eigenvalue weighted by Gasteiger charge is -2.01. The van der Waals surface area contributed by atoms with Gasteiger partial charge in [-0.25, -0.2) is 14.6 Å².